The molecule has 0 saturated carbocycles. The molecular weight excluding hydrogens is 366 g/mol. The maximum atomic E-state index is 12.1. The van der Waals surface area contributed by atoms with E-state index in [1.54, 1.807) is 0 Å². The highest BCUT2D eigenvalue weighted by Gasteiger charge is 2.22. The molecule has 0 unspecified atom stereocenters. The molecule has 6 nitrogen and oxygen atoms in total. The first-order valence-corrected chi connectivity index (χ1v) is 9.77. The van der Waals surface area contributed by atoms with Crippen LogP contribution in [0, 0.1) is 0 Å². The zero-order valence-corrected chi connectivity index (χ0v) is 17.1. The summed E-state index contributed by atoms with van der Waals surface area (Å²) >= 11 is 0. The molecule has 0 aliphatic carbocycles. The Labute approximate surface area is 171 Å². The van der Waals surface area contributed by atoms with Crippen molar-refractivity contribution in [3.05, 3.63) is 77.6 Å². The highest BCUT2D eigenvalue weighted by Crippen LogP contribution is 2.27. The summed E-state index contributed by atoms with van der Waals surface area (Å²) in [7, 11) is 0. The minimum absolute atomic E-state index is 0.0107. The summed E-state index contributed by atoms with van der Waals surface area (Å²) in [5, 5.41) is 6.78. The lowest BCUT2D eigenvalue weighted by atomic mass is 9.88. The summed E-state index contributed by atoms with van der Waals surface area (Å²) < 4.78 is 10.4. The van der Waals surface area contributed by atoms with Crippen molar-refractivity contribution in [3.8, 4) is 6.08 Å². The zero-order chi connectivity index (χ0) is 20.7. The van der Waals surface area contributed by atoms with Crippen molar-refractivity contribution in [1.29, 1.82) is 0 Å². The van der Waals surface area contributed by atoms with Crippen molar-refractivity contribution in [2.24, 2.45) is 0 Å². The molecule has 1 aromatic heterocycles. The number of aromatic nitrogens is 2. The maximum absolute atomic E-state index is 12.1. The first-order chi connectivity index (χ1) is 13.9. The largest absolute Gasteiger partial charge is 0.439 e. The fourth-order valence-corrected chi connectivity index (χ4v) is 3.00. The van der Waals surface area contributed by atoms with Gasteiger partial charge in [0.15, 0.2) is 12.4 Å². The van der Waals surface area contributed by atoms with Gasteiger partial charge in [-0.3, -0.25) is 9.32 Å². The molecule has 0 spiro atoms. The Kier molecular flexibility index (Phi) is 6.65. The van der Waals surface area contributed by atoms with Gasteiger partial charge in [0.1, 0.15) is 0 Å². The van der Waals surface area contributed by atoms with Crippen molar-refractivity contribution in [3.63, 3.8) is 0 Å². The van der Waals surface area contributed by atoms with Gasteiger partial charge in [-0.15, -0.1) is 0 Å². The summed E-state index contributed by atoms with van der Waals surface area (Å²) in [6.45, 7) is 6.31. The molecule has 0 atom stereocenters. The summed E-state index contributed by atoms with van der Waals surface area (Å²) in [6.07, 6.45) is 0.797. The van der Waals surface area contributed by atoms with Crippen LogP contribution in [-0.4, -0.2) is 29.2 Å². The van der Waals surface area contributed by atoms with E-state index < -0.39 is 0 Å². The highest BCUT2D eigenvalue weighted by atomic mass is 16.6. The van der Waals surface area contributed by atoms with Crippen molar-refractivity contribution in [2.45, 2.75) is 38.5 Å². The van der Waals surface area contributed by atoms with Crippen molar-refractivity contribution in [2.75, 3.05) is 13.2 Å². The Morgan fingerprint density at radius 3 is 2.14 bits per heavy atom. The standard InChI is InChI=1S/C23H27N3O3/c1-23(2,3)21-25-22(29-26-21)28-16-20(27)24-15-14-19(17-10-6-4-7-11-17)18-12-8-5-9-13-18/h4-13,19H,14-16H2,1-3H3,(H,24,27). The van der Waals surface area contributed by atoms with Gasteiger partial charge >= 0.3 is 6.08 Å². The molecule has 29 heavy (non-hydrogen) atoms. The van der Waals surface area contributed by atoms with Gasteiger partial charge in [0, 0.05) is 17.9 Å². The third-order valence-corrected chi connectivity index (χ3v) is 4.56. The van der Waals surface area contributed by atoms with Crippen LogP contribution in [0.25, 0.3) is 0 Å². The topological polar surface area (TPSA) is 77.2 Å². The Morgan fingerprint density at radius 1 is 1.03 bits per heavy atom. The molecule has 2 aromatic carbocycles. The van der Waals surface area contributed by atoms with Gasteiger partial charge in [0.05, 0.1) is 0 Å². The monoisotopic (exact) mass is 393 g/mol. The summed E-state index contributed by atoms with van der Waals surface area (Å²) in [6, 6.07) is 20.6. The molecule has 0 radical (unpaired) electrons. The minimum atomic E-state index is -0.239. The third-order valence-electron chi connectivity index (χ3n) is 4.56. The first-order valence-electron chi connectivity index (χ1n) is 9.77. The molecular formula is C23H27N3O3. The van der Waals surface area contributed by atoms with Gasteiger partial charge in [-0.2, -0.15) is 4.98 Å². The molecule has 0 fully saturated rings. The molecule has 1 heterocycles. The Balaban J connectivity index is 1.52. The number of benzene rings is 2. The van der Waals surface area contributed by atoms with E-state index in [2.05, 4.69) is 39.7 Å². The van der Waals surface area contributed by atoms with E-state index in [0.717, 1.165) is 6.42 Å². The van der Waals surface area contributed by atoms with E-state index in [-0.39, 0.29) is 29.9 Å². The second-order valence-corrected chi connectivity index (χ2v) is 7.94. The van der Waals surface area contributed by atoms with E-state index >= 15 is 0 Å². The van der Waals surface area contributed by atoms with Crippen molar-refractivity contribution < 1.29 is 14.1 Å². The van der Waals surface area contributed by atoms with Gasteiger partial charge in [0.2, 0.25) is 0 Å². The number of hydrogen-bond donors (Lipinski definition) is 1. The van der Waals surface area contributed by atoms with E-state index in [4.69, 9.17) is 9.26 Å². The Hall–Kier alpha value is -3.15. The van der Waals surface area contributed by atoms with Gasteiger partial charge in [-0.1, -0.05) is 86.6 Å². The average Bonchev–Trinajstić information content (AvgIpc) is 3.21. The Bertz CT molecular complexity index is 862. The van der Waals surface area contributed by atoms with E-state index in [1.165, 1.54) is 11.1 Å². The fourth-order valence-electron chi connectivity index (χ4n) is 3.00. The number of nitrogens with zero attached hydrogens (tertiary/aromatic N) is 2. The van der Waals surface area contributed by atoms with Gasteiger partial charge in [-0.25, -0.2) is 0 Å². The highest BCUT2D eigenvalue weighted by molar-refractivity contribution is 5.77. The Morgan fingerprint density at radius 2 is 1.62 bits per heavy atom. The van der Waals surface area contributed by atoms with Crippen molar-refractivity contribution >= 4 is 5.91 Å². The summed E-state index contributed by atoms with van der Waals surface area (Å²) in [5.74, 6) is 0.533. The molecule has 1 amide bonds. The molecule has 152 valence electrons. The lowest BCUT2D eigenvalue weighted by Crippen LogP contribution is -2.30. The van der Waals surface area contributed by atoms with Gasteiger partial charge < -0.3 is 10.1 Å². The first kappa shape index (κ1) is 20.6. The maximum Gasteiger partial charge on any atom is 0.417 e. The number of carbonyl (C=O) groups is 1. The second kappa shape index (κ2) is 9.37. The smallest absolute Gasteiger partial charge is 0.417 e. The summed E-state index contributed by atoms with van der Waals surface area (Å²) in [4.78, 5) is 16.3. The van der Waals surface area contributed by atoms with Gasteiger partial charge in [-0.05, 0) is 17.5 Å². The number of rotatable bonds is 8. The van der Waals surface area contributed by atoms with Crippen LogP contribution in [0.1, 0.15) is 50.1 Å². The van der Waals surface area contributed by atoms with Crippen LogP contribution in [0.15, 0.2) is 65.2 Å². The van der Waals surface area contributed by atoms with Gasteiger partial charge in [0.25, 0.3) is 5.91 Å². The lowest BCUT2D eigenvalue weighted by Gasteiger charge is -2.18. The van der Waals surface area contributed by atoms with Crippen LogP contribution in [0.2, 0.25) is 0 Å². The molecule has 3 rings (SSSR count). The average molecular weight is 393 g/mol. The summed E-state index contributed by atoms with van der Waals surface area (Å²) in [5.41, 5.74) is 2.21. The van der Waals surface area contributed by atoms with Crippen LogP contribution >= 0.6 is 0 Å². The van der Waals surface area contributed by atoms with Crippen LogP contribution in [0.3, 0.4) is 0 Å². The molecule has 6 heteroatoms. The third kappa shape index (κ3) is 5.91. The van der Waals surface area contributed by atoms with Crippen LogP contribution in [0.4, 0.5) is 0 Å². The number of carbonyl (C=O) groups excluding carboxylic acids is 1. The molecule has 0 saturated heterocycles. The molecule has 0 bridgehead atoms. The molecule has 0 aliphatic heterocycles. The number of amides is 1. The van der Waals surface area contributed by atoms with Crippen LogP contribution in [0.5, 0.6) is 6.08 Å². The number of hydrogen-bond acceptors (Lipinski definition) is 5. The van der Waals surface area contributed by atoms with E-state index in [9.17, 15) is 4.79 Å². The molecule has 1 N–H and O–H groups in total. The van der Waals surface area contributed by atoms with Crippen LogP contribution in [-0.2, 0) is 10.2 Å². The molecule has 0 aliphatic rings. The van der Waals surface area contributed by atoms with E-state index in [1.807, 2.05) is 57.2 Å². The normalized spacial score (nSPS) is 11.4. The minimum Gasteiger partial charge on any atom is -0.439 e. The quantitative estimate of drug-likeness (QED) is 0.624. The lowest BCUT2D eigenvalue weighted by molar-refractivity contribution is -0.123. The fraction of sp³-hybridized carbons (Fsp3) is 0.348. The SMILES string of the molecule is CC(C)(C)c1noc(OCC(=O)NCCC(c2ccccc2)c2ccccc2)n1. The second-order valence-electron chi connectivity index (χ2n) is 7.94. The van der Waals surface area contributed by atoms with Crippen LogP contribution < -0.4 is 10.1 Å². The molecule has 3 aromatic rings. The van der Waals surface area contributed by atoms with Crippen molar-refractivity contribution in [1.82, 2.24) is 15.5 Å². The number of nitrogens with one attached hydrogen (secondary N) is 1. The predicted octanol–water partition coefficient (Wildman–Crippen LogP) is 4.08. The predicted molar refractivity (Wildman–Crippen MR) is 111 cm³/mol. The zero-order valence-electron chi connectivity index (χ0n) is 17.1. The number of ether oxygens (including phenoxy) is 1. The van der Waals surface area contributed by atoms with E-state index in [0.29, 0.717) is 12.4 Å².